The smallest absolute Gasteiger partial charge is 0.0492 e. The van der Waals surface area contributed by atoms with Gasteiger partial charge in [0.05, 0.1) is 0 Å². The monoisotopic (exact) mass is 248 g/mol. The molecule has 1 aromatic rings. The van der Waals surface area contributed by atoms with Crippen LogP contribution in [-0.2, 0) is 13.5 Å². The average molecular weight is 248 g/mol. The number of hydrogen-bond acceptors (Lipinski definition) is 3. The van der Waals surface area contributed by atoms with Gasteiger partial charge in [-0.1, -0.05) is 0 Å². The Hall–Kier alpha value is -0.870. The molecule has 1 atom stereocenters. The van der Waals surface area contributed by atoms with Crippen molar-refractivity contribution in [2.24, 2.45) is 13.0 Å². The molecule has 0 radical (unpaired) electrons. The highest BCUT2D eigenvalue weighted by atomic mass is 15.3. The van der Waals surface area contributed by atoms with Crippen molar-refractivity contribution in [3.8, 4) is 0 Å². The number of nitrogens with zero attached hydrogens (tertiary/aromatic N) is 3. The highest BCUT2D eigenvalue weighted by Crippen LogP contribution is 2.21. The minimum Gasteiger partial charge on any atom is -0.314 e. The van der Waals surface area contributed by atoms with Crippen LogP contribution in [0.1, 0.15) is 25.0 Å². The molecule has 1 aromatic heterocycles. The predicted molar refractivity (Wildman–Crippen MR) is 72.5 cm³/mol. The first-order chi connectivity index (χ1) is 8.81. The van der Waals surface area contributed by atoms with E-state index in [0.29, 0.717) is 0 Å². The van der Waals surface area contributed by atoms with E-state index in [1.165, 1.54) is 51.1 Å². The van der Waals surface area contributed by atoms with Gasteiger partial charge in [0.1, 0.15) is 0 Å². The third kappa shape index (κ3) is 3.12. The molecule has 0 aromatic carbocycles. The lowest BCUT2D eigenvalue weighted by Crippen LogP contribution is -2.28. The largest absolute Gasteiger partial charge is 0.314 e. The summed E-state index contributed by atoms with van der Waals surface area (Å²) >= 11 is 0. The fraction of sp³-hybridized carbons (Fsp3) is 0.786. The van der Waals surface area contributed by atoms with E-state index in [1.54, 1.807) is 0 Å². The third-order valence-electron chi connectivity index (χ3n) is 4.25. The summed E-state index contributed by atoms with van der Waals surface area (Å²) < 4.78 is 1.99. The molecule has 0 spiro atoms. The Balaban J connectivity index is 1.37. The van der Waals surface area contributed by atoms with Crippen LogP contribution < -0.4 is 5.32 Å². The molecule has 1 saturated carbocycles. The van der Waals surface area contributed by atoms with Crippen LogP contribution in [0, 0.1) is 5.92 Å². The number of nitrogens with one attached hydrogen (secondary N) is 1. The lowest BCUT2D eigenvalue weighted by molar-refractivity contribution is 0.323. The van der Waals surface area contributed by atoms with Crippen molar-refractivity contribution in [2.75, 3.05) is 26.2 Å². The van der Waals surface area contributed by atoms with E-state index in [-0.39, 0.29) is 0 Å². The summed E-state index contributed by atoms with van der Waals surface area (Å²) in [5.41, 5.74) is 1.34. The summed E-state index contributed by atoms with van der Waals surface area (Å²) in [6.45, 7) is 4.96. The fourth-order valence-corrected chi connectivity index (χ4v) is 2.82. The predicted octanol–water partition coefficient (Wildman–Crippen LogP) is 1.04. The van der Waals surface area contributed by atoms with Gasteiger partial charge in [-0.05, 0) is 44.3 Å². The molecular weight excluding hydrogens is 224 g/mol. The minimum atomic E-state index is 0.855. The maximum Gasteiger partial charge on any atom is 0.0492 e. The first kappa shape index (κ1) is 12.2. The molecule has 4 nitrogen and oxygen atoms in total. The van der Waals surface area contributed by atoms with Crippen molar-refractivity contribution in [3.05, 3.63) is 18.0 Å². The van der Waals surface area contributed by atoms with Crippen molar-refractivity contribution in [3.63, 3.8) is 0 Å². The summed E-state index contributed by atoms with van der Waals surface area (Å²) in [6, 6.07) is 2.98. The Labute approximate surface area is 109 Å². The van der Waals surface area contributed by atoms with Gasteiger partial charge in [-0.15, -0.1) is 0 Å². The van der Waals surface area contributed by atoms with Crippen LogP contribution in [0.4, 0.5) is 0 Å². The summed E-state index contributed by atoms with van der Waals surface area (Å²) in [7, 11) is 2.03. The van der Waals surface area contributed by atoms with Gasteiger partial charge in [-0.3, -0.25) is 4.68 Å². The topological polar surface area (TPSA) is 33.1 Å². The molecule has 18 heavy (non-hydrogen) atoms. The summed E-state index contributed by atoms with van der Waals surface area (Å²) in [6.07, 6.45) is 7.18. The molecule has 0 amide bonds. The van der Waals surface area contributed by atoms with Crippen molar-refractivity contribution in [1.82, 2.24) is 20.0 Å². The third-order valence-corrected chi connectivity index (χ3v) is 4.25. The van der Waals surface area contributed by atoms with E-state index < -0.39 is 0 Å². The molecule has 1 N–H and O–H groups in total. The molecular formula is C14H24N4. The van der Waals surface area contributed by atoms with Gasteiger partial charge in [-0.2, -0.15) is 5.10 Å². The number of aryl methyl sites for hydroxylation is 1. The zero-order chi connectivity index (χ0) is 12.4. The maximum atomic E-state index is 4.22. The van der Waals surface area contributed by atoms with E-state index in [4.69, 9.17) is 0 Å². The van der Waals surface area contributed by atoms with Gasteiger partial charge >= 0.3 is 0 Å². The zero-order valence-corrected chi connectivity index (χ0v) is 11.3. The number of likely N-dealkylation sites (tertiary alicyclic amines) is 1. The van der Waals surface area contributed by atoms with Crippen LogP contribution >= 0.6 is 0 Å². The fourth-order valence-electron chi connectivity index (χ4n) is 2.82. The van der Waals surface area contributed by atoms with E-state index >= 15 is 0 Å². The van der Waals surface area contributed by atoms with Crippen LogP contribution in [-0.4, -0.2) is 46.9 Å². The molecule has 1 unspecified atom stereocenters. The molecule has 100 valence electrons. The van der Waals surface area contributed by atoms with E-state index in [2.05, 4.69) is 21.4 Å². The molecule has 1 saturated heterocycles. The van der Waals surface area contributed by atoms with Crippen molar-refractivity contribution < 1.29 is 0 Å². The standard InChI is InChI=1S/C14H24N4/c1-17-14(4-7-16-17)6-9-18-8-5-12(11-18)10-15-13-2-3-13/h4,7,12-13,15H,2-3,5-6,8-11H2,1H3. The highest BCUT2D eigenvalue weighted by molar-refractivity contribution is 5.00. The Bertz CT molecular complexity index is 383. The van der Waals surface area contributed by atoms with E-state index in [0.717, 1.165) is 18.4 Å². The second-order valence-electron chi connectivity index (χ2n) is 5.83. The zero-order valence-electron chi connectivity index (χ0n) is 11.3. The lowest BCUT2D eigenvalue weighted by Gasteiger charge is -2.16. The van der Waals surface area contributed by atoms with Gasteiger partial charge in [0.2, 0.25) is 0 Å². The summed E-state index contributed by atoms with van der Waals surface area (Å²) in [4.78, 5) is 2.60. The maximum absolute atomic E-state index is 4.22. The molecule has 0 bridgehead atoms. The summed E-state index contributed by atoms with van der Waals surface area (Å²) in [5.74, 6) is 0.872. The second kappa shape index (κ2) is 5.41. The number of rotatable bonds is 6. The average Bonchev–Trinajstić information content (AvgIpc) is 2.94. The molecule has 1 aliphatic heterocycles. The lowest BCUT2D eigenvalue weighted by atomic mass is 10.1. The van der Waals surface area contributed by atoms with Crippen LogP contribution in [0.15, 0.2) is 12.3 Å². The Morgan fingerprint density at radius 1 is 1.39 bits per heavy atom. The normalized spacial score (nSPS) is 24.8. The molecule has 2 aliphatic rings. The van der Waals surface area contributed by atoms with E-state index in [1.807, 2.05) is 17.9 Å². The van der Waals surface area contributed by atoms with Gasteiger partial charge in [0.15, 0.2) is 0 Å². The first-order valence-corrected chi connectivity index (χ1v) is 7.24. The van der Waals surface area contributed by atoms with Gasteiger partial charge < -0.3 is 10.2 Å². The molecule has 1 aliphatic carbocycles. The summed E-state index contributed by atoms with van der Waals surface area (Å²) in [5, 5.41) is 7.88. The Morgan fingerprint density at radius 3 is 3.00 bits per heavy atom. The van der Waals surface area contributed by atoms with Gasteiger partial charge in [0.25, 0.3) is 0 Å². The first-order valence-electron chi connectivity index (χ1n) is 7.24. The number of aromatic nitrogens is 2. The second-order valence-corrected chi connectivity index (χ2v) is 5.83. The van der Waals surface area contributed by atoms with Crippen molar-refractivity contribution in [1.29, 1.82) is 0 Å². The molecule has 2 heterocycles. The highest BCUT2D eigenvalue weighted by Gasteiger charge is 2.25. The Kier molecular flexibility index (Phi) is 3.66. The van der Waals surface area contributed by atoms with Crippen LogP contribution in [0.5, 0.6) is 0 Å². The quantitative estimate of drug-likeness (QED) is 0.816. The molecule has 4 heteroatoms. The van der Waals surface area contributed by atoms with E-state index in [9.17, 15) is 0 Å². The molecule has 3 rings (SSSR count). The van der Waals surface area contributed by atoms with Gasteiger partial charge in [0, 0.05) is 44.5 Å². The number of hydrogen-bond donors (Lipinski definition) is 1. The van der Waals surface area contributed by atoms with Crippen molar-refractivity contribution >= 4 is 0 Å². The van der Waals surface area contributed by atoms with Gasteiger partial charge in [-0.25, -0.2) is 0 Å². The van der Waals surface area contributed by atoms with Crippen molar-refractivity contribution in [2.45, 2.75) is 31.7 Å². The van der Waals surface area contributed by atoms with Crippen LogP contribution in [0.3, 0.4) is 0 Å². The Morgan fingerprint density at radius 2 is 2.28 bits per heavy atom. The van der Waals surface area contributed by atoms with Crippen LogP contribution in [0.25, 0.3) is 0 Å². The molecule has 2 fully saturated rings. The SMILES string of the molecule is Cn1nccc1CCN1CCC(CNC2CC2)C1. The minimum absolute atomic E-state index is 0.855. The van der Waals surface area contributed by atoms with Crippen LogP contribution in [0.2, 0.25) is 0 Å².